The van der Waals surface area contributed by atoms with Crippen LogP contribution >= 0.6 is 15.9 Å². The number of piperidine rings is 1. The summed E-state index contributed by atoms with van der Waals surface area (Å²) in [5.74, 6) is 0. The molecule has 92 valence electrons. The summed E-state index contributed by atoms with van der Waals surface area (Å²) < 4.78 is 0.567. The fourth-order valence-corrected chi connectivity index (χ4v) is 2.80. The highest BCUT2D eigenvalue weighted by molar-refractivity contribution is 9.10. The summed E-state index contributed by atoms with van der Waals surface area (Å²) in [6, 6.07) is 5.42. The van der Waals surface area contributed by atoms with Crippen LogP contribution in [-0.4, -0.2) is 22.9 Å². The molecule has 5 heteroatoms. The molecule has 1 aromatic carbocycles. The van der Waals surface area contributed by atoms with E-state index in [4.69, 9.17) is 0 Å². The molecular formula is C12H15BrN2O2. The standard InChI is InChI=1S/C12H15BrN2O2/c13-11-6-4-5-10(12(11)15(16)17)9-14-7-2-1-3-8-14/h4-6H,1-3,7-9H2. The minimum atomic E-state index is -0.302. The van der Waals surface area contributed by atoms with E-state index in [0.717, 1.165) is 18.7 Å². The van der Waals surface area contributed by atoms with Crippen LogP contribution in [0.3, 0.4) is 0 Å². The smallest absolute Gasteiger partial charge is 0.287 e. The van der Waals surface area contributed by atoms with E-state index in [0.29, 0.717) is 11.0 Å². The Labute approximate surface area is 109 Å². The molecule has 1 heterocycles. The van der Waals surface area contributed by atoms with Crippen LogP contribution in [0.4, 0.5) is 5.69 Å². The van der Waals surface area contributed by atoms with Crippen molar-refractivity contribution in [3.05, 3.63) is 38.3 Å². The van der Waals surface area contributed by atoms with Gasteiger partial charge in [-0.1, -0.05) is 18.6 Å². The Morgan fingerprint density at radius 2 is 2.00 bits per heavy atom. The van der Waals surface area contributed by atoms with E-state index in [2.05, 4.69) is 20.8 Å². The van der Waals surface area contributed by atoms with Gasteiger partial charge in [0.25, 0.3) is 5.69 Å². The monoisotopic (exact) mass is 298 g/mol. The molecule has 1 saturated heterocycles. The Kier molecular flexibility index (Phi) is 4.12. The van der Waals surface area contributed by atoms with Gasteiger partial charge in [0.05, 0.1) is 9.40 Å². The molecule has 0 atom stereocenters. The SMILES string of the molecule is O=[N+]([O-])c1c(Br)cccc1CN1CCCCC1. The molecule has 0 radical (unpaired) electrons. The molecule has 0 aromatic heterocycles. The maximum Gasteiger partial charge on any atom is 0.287 e. The van der Waals surface area contributed by atoms with Gasteiger partial charge in [-0.05, 0) is 47.9 Å². The van der Waals surface area contributed by atoms with Gasteiger partial charge in [-0.3, -0.25) is 15.0 Å². The highest BCUT2D eigenvalue weighted by atomic mass is 79.9. The summed E-state index contributed by atoms with van der Waals surface area (Å²) in [5.41, 5.74) is 1.00. The first kappa shape index (κ1) is 12.5. The largest absolute Gasteiger partial charge is 0.299 e. The third-order valence-corrected chi connectivity index (χ3v) is 3.74. The number of halogens is 1. The van der Waals surface area contributed by atoms with Crippen molar-refractivity contribution in [3.63, 3.8) is 0 Å². The van der Waals surface area contributed by atoms with E-state index in [1.165, 1.54) is 19.3 Å². The number of nitrogens with zero attached hydrogens (tertiary/aromatic N) is 2. The second-order valence-electron chi connectivity index (χ2n) is 4.34. The van der Waals surface area contributed by atoms with Gasteiger partial charge >= 0.3 is 0 Å². The first-order chi connectivity index (χ1) is 8.18. The first-order valence-electron chi connectivity index (χ1n) is 5.82. The molecule has 0 bridgehead atoms. The lowest BCUT2D eigenvalue weighted by Crippen LogP contribution is -2.29. The van der Waals surface area contributed by atoms with Crippen LogP contribution in [0, 0.1) is 10.1 Å². The number of likely N-dealkylation sites (tertiary alicyclic amines) is 1. The highest BCUT2D eigenvalue weighted by Crippen LogP contribution is 2.29. The lowest BCUT2D eigenvalue weighted by Gasteiger charge is -2.26. The van der Waals surface area contributed by atoms with Crippen LogP contribution in [0.5, 0.6) is 0 Å². The average Bonchev–Trinajstić information content (AvgIpc) is 2.30. The van der Waals surface area contributed by atoms with Crippen LogP contribution in [0.15, 0.2) is 22.7 Å². The molecule has 1 aromatic rings. The Balaban J connectivity index is 2.19. The number of para-hydroxylation sites is 1. The fourth-order valence-electron chi connectivity index (χ4n) is 2.25. The number of rotatable bonds is 3. The fraction of sp³-hybridized carbons (Fsp3) is 0.500. The van der Waals surface area contributed by atoms with Crippen LogP contribution in [0.1, 0.15) is 24.8 Å². The number of nitro groups is 1. The molecule has 0 spiro atoms. The predicted octanol–water partition coefficient (Wildman–Crippen LogP) is 3.34. The van der Waals surface area contributed by atoms with Gasteiger partial charge in [0.1, 0.15) is 0 Å². The third-order valence-electron chi connectivity index (χ3n) is 3.10. The van der Waals surface area contributed by atoms with E-state index in [1.807, 2.05) is 12.1 Å². The maximum atomic E-state index is 11.0. The molecule has 4 nitrogen and oxygen atoms in total. The summed E-state index contributed by atoms with van der Waals surface area (Å²) in [6.45, 7) is 2.77. The third kappa shape index (κ3) is 3.04. The molecule has 1 fully saturated rings. The van der Waals surface area contributed by atoms with Crippen molar-refractivity contribution in [3.8, 4) is 0 Å². The van der Waals surface area contributed by atoms with Crippen LogP contribution in [0.25, 0.3) is 0 Å². The van der Waals surface area contributed by atoms with E-state index in [-0.39, 0.29) is 10.6 Å². The van der Waals surface area contributed by atoms with Gasteiger partial charge in [-0.15, -0.1) is 0 Å². The topological polar surface area (TPSA) is 46.4 Å². The van der Waals surface area contributed by atoms with Crippen LogP contribution in [-0.2, 0) is 6.54 Å². The lowest BCUT2D eigenvalue weighted by atomic mass is 10.1. The van der Waals surface area contributed by atoms with Crippen molar-refractivity contribution < 1.29 is 4.92 Å². The van der Waals surface area contributed by atoms with Gasteiger partial charge in [-0.2, -0.15) is 0 Å². The molecule has 1 aliphatic heterocycles. The van der Waals surface area contributed by atoms with Crippen molar-refractivity contribution in [1.29, 1.82) is 0 Å². The maximum absolute atomic E-state index is 11.0. The molecule has 0 amide bonds. The van der Waals surface area contributed by atoms with Crippen molar-refractivity contribution in [2.75, 3.05) is 13.1 Å². The highest BCUT2D eigenvalue weighted by Gasteiger charge is 2.20. The Morgan fingerprint density at radius 3 is 2.65 bits per heavy atom. The second kappa shape index (κ2) is 5.60. The summed E-state index contributed by atoms with van der Waals surface area (Å²) in [5, 5.41) is 11.0. The molecule has 0 N–H and O–H groups in total. The quantitative estimate of drug-likeness (QED) is 0.635. The van der Waals surface area contributed by atoms with Gasteiger partial charge in [0.15, 0.2) is 0 Å². The molecule has 1 aliphatic rings. The lowest BCUT2D eigenvalue weighted by molar-refractivity contribution is -0.386. The van der Waals surface area contributed by atoms with E-state index in [1.54, 1.807) is 6.07 Å². The zero-order chi connectivity index (χ0) is 12.3. The molecule has 17 heavy (non-hydrogen) atoms. The minimum absolute atomic E-state index is 0.207. The van der Waals surface area contributed by atoms with Crippen LogP contribution in [0.2, 0.25) is 0 Å². The normalized spacial score (nSPS) is 17.0. The Bertz CT molecular complexity index is 417. The zero-order valence-electron chi connectivity index (χ0n) is 9.56. The molecule has 0 saturated carbocycles. The van der Waals surface area contributed by atoms with Gasteiger partial charge in [-0.25, -0.2) is 0 Å². The van der Waals surface area contributed by atoms with Crippen LogP contribution < -0.4 is 0 Å². The van der Waals surface area contributed by atoms with E-state index in [9.17, 15) is 10.1 Å². The summed E-state index contributed by atoms with van der Waals surface area (Å²) in [6.07, 6.45) is 3.67. The van der Waals surface area contributed by atoms with Gasteiger partial charge in [0, 0.05) is 12.1 Å². The minimum Gasteiger partial charge on any atom is -0.299 e. The van der Waals surface area contributed by atoms with Crippen molar-refractivity contribution in [2.45, 2.75) is 25.8 Å². The number of nitro benzene ring substituents is 1. The zero-order valence-corrected chi connectivity index (χ0v) is 11.1. The molecule has 0 aliphatic carbocycles. The number of hydrogen-bond acceptors (Lipinski definition) is 3. The number of hydrogen-bond donors (Lipinski definition) is 0. The summed E-state index contributed by atoms with van der Waals surface area (Å²) in [4.78, 5) is 13.0. The second-order valence-corrected chi connectivity index (χ2v) is 5.20. The Hall–Kier alpha value is -0.940. The number of benzene rings is 1. The molecule has 2 rings (SSSR count). The van der Waals surface area contributed by atoms with Gasteiger partial charge < -0.3 is 0 Å². The molecular weight excluding hydrogens is 284 g/mol. The molecule has 0 unspecified atom stereocenters. The van der Waals surface area contributed by atoms with Crippen molar-refractivity contribution in [2.24, 2.45) is 0 Å². The van der Waals surface area contributed by atoms with Crippen molar-refractivity contribution in [1.82, 2.24) is 4.90 Å². The van der Waals surface area contributed by atoms with E-state index >= 15 is 0 Å². The first-order valence-corrected chi connectivity index (χ1v) is 6.62. The predicted molar refractivity (Wildman–Crippen MR) is 69.9 cm³/mol. The van der Waals surface area contributed by atoms with Crippen molar-refractivity contribution >= 4 is 21.6 Å². The van der Waals surface area contributed by atoms with E-state index < -0.39 is 0 Å². The average molecular weight is 299 g/mol. The summed E-state index contributed by atoms with van der Waals surface area (Å²) in [7, 11) is 0. The van der Waals surface area contributed by atoms with Gasteiger partial charge in [0.2, 0.25) is 0 Å². The Morgan fingerprint density at radius 1 is 1.29 bits per heavy atom. The summed E-state index contributed by atoms with van der Waals surface area (Å²) >= 11 is 3.25.